The van der Waals surface area contributed by atoms with E-state index < -0.39 is 0 Å². The summed E-state index contributed by atoms with van der Waals surface area (Å²) in [4.78, 5) is 9.39. The van der Waals surface area contributed by atoms with Crippen molar-refractivity contribution in [1.29, 1.82) is 0 Å². The molecular formula is C9H9N3S. The molecule has 0 aromatic carbocycles. The van der Waals surface area contributed by atoms with Crippen LogP contribution >= 0.6 is 11.3 Å². The van der Waals surface area contributed by atoms with Crippen LogP contribution in [0.2, 0.25) is 0 Å². The Balaban J connectivity index is 2.47. The van der Waals surface area contributed by atoms with E-state index in [1.165, 1.54) is 0 Å². The summed E-state index contributed by atoms with van der Waals surface area (Å²) in [6.07, 6.45) is 5.10. The molecule has 0 saturated heterocycles. The molecule has 13 heavy (non-hydrogen) atoms. The van der Waals surface area contributed by atoms with Gasteiger partial charge in [0.2, 0.25) is 0 Å². The lowest BCUT2D eigenvalue weighted by atomic mass is 10.2. The maximum atomic E-state index is 5.59. The van der Waals surface area contributed by atoms with E-state index in [2.05, 4.69) is 9.97 Å². The van der Waals surface area contributed by atoms with Crippen LogP contribution < -0.4 is 5.73 Å². The molecule has 0 radical (unpaired) electrons. The first-order valence-electron chi connectivity index (χ1n) is 3.94. The minimum absolute atomic E-state index is 0.559. The zero-order valence-electron chi connectivity index (χ0n) is 6.97. The Bertz CT molecular complexity index is 383. The number of hydrogen-bond acceptors (Lipinski definition) is 4. The van der Waals surface area contributed by atoms with Crippen molar-refractivity contribution >= 4 is 11.3 Å². The van der Waals surface area contributed by atoms with Crippen molar-refractivity contribution in [2.75, 3.05) is 0 Å². The number of nitrogens with zero attached hydrogens (tertiary/aromatic N) is 2. The molecule has 0 amide bonds. The molecule has 0 atom stereocenters. The summed E-state index contributed by atoms with van der Waals surface area (Å²) in [5, 5.41) is 2.02. The van der Waals surface area contributed by atoms with Crippen LogP contribution in [0.5, 0.6) is 0 Å². The molecule has 4 heteroatoms. The standard InChI is InChI=1S/C9H9N3S/c10-5-9-7(1-4-13-9)8-6-11-2-3-12-8/h1-4,6H,5,10H2. The molecule has 2 N–H and O–H groups in total. The molecule has 0 aliphatic heterocycles. The smallest absolute Gasteiger partial charge is 0.0896 e. The molecule has 66 valence electrons. The van der Waals surface area contributed by atoms with Crippen molar-refractivity contribution in [3.8, 4) is 11.3 Å². The van der Waals surface area contributed by atoms with Gasteiger partial charge in [0.15, 0.2) is 0 Å². The Labute approximate surface area is 80.3 Å². The molecule has 2 rings (SSSR count). The second-order valence-electron chi connectivity index (χ2n) is 2.55. The predicted molar refractivity (Wildman–Crippen MR) is 53.2 cm³/mol. The normalized spacial score (nSPS) is 10.2. The van der Waals surface area contributed by atoms with Crippen LogP contribution in [0.4, 0.5) is 0 Å². The molecule has 0 saturated carbocycles. The Hall–Kier alpha value is -1.26. The van der Waals surface area contributed by atoms with E-state index in [1.807, 2.05) is 11.4 Å². The van der Waals surface area contributed by atoms with Crippen LogP contribution in [0.3, 0.4) is 0 Å². The first-order valence-corrected chi connectivity index (χ1v) is 4.82. The van der Waals surface area contributed by atoms with E-state index in [-0.39, 0.29) is 0 Å². The fourth-order valence-electron chi connectivity index (χ4n) is 1.17. The van der Waals surface area contributed by atoms with Gasteiger partial charge in [-0.2, -0.15) is 0 Å². The van der Waals surface area contributed by atoms with Gasteiger partial charge in [0.25, 0.3) is 0 Å². The van der Waals surface area contributed by atoms with E-state index in [1.54, 1.807) is 29.9 Å². The number of thiophene rings is 1. The van der Waals surface area contributed by atoms with Gasteiger partial charge in [-0.15, -0.1) is 11.3 Å². The van der Waals surface area contributed by atoms with Crippen LogP contribution in [0.15, 0.2) is 30.0 Å². The highest BCUT2D eigenvalue weighted by atomic mass is 32.1. The molecule has 0 bridgehead atoms. The van der Waals surface area contributed by atoms with Gasteiger partial charge in [0.1, 0.15) is 0 Å². The third-order valence-electron chi connectivity index (χ3n) is 1.77. The van der Waals surface area contributed by atoms with Gasteiger partial charge in [0.05, 0.1) is 11.9 Å². The summed E-state index contributed by atoms with van der Waals surface area (Å²) in [6.45, 7) is 0.559. The topological polar surface area (TPSA) is 51.8 Å². The van der Waals surface area contributed by atoms with Crippen LogP contribution in [0.1, 0.15) is 4.88 Å². The molecule has 3 nitrogen and oxygen atoms in total. The van der Waals surface area contributed by atoms with Crippen molar-refractivity contribution in [3.63, 3.8) is 0 Å². The van der Waals surface area contributed by atoms with Gasteiger partial charge in [-0.1, -0.05) is 0 Å². The van der Waals surface area contributed by atoms with Crippen molar-refractivity contribution in [2.24, 2.45) is 5.73 Å². The Kier molecular flexibility index (Phi) is 2.33. The Morgan fingerprint density at radius 3 is 3.00 bits per heavy atom. The van der Waals surface area contributed by atoms with Gasteiger partial charge < -0.3 is 5.73 Å². The average molecular weight is 191 g/mol. The monoisotopic (exact) mass is 191 g/mol. The summed E-state index contributed by atoms with van der Waals surface area (Å²) >= 11 is 1.65. The third kappa shape index (κ3) is 1.59. The predicted octanol–water partition coefficient (Wildman–Crippen LogP) is 1.66. The van der Waals surface area contributed by atoms with E-state index >= 15 is 0 Å². The number of nitrogens with two attached hydrogens (primary N) is 1. The number of aromatic nitrogens is 2. The van der Waals surface area contributed by atoms with Crippen molar-refractivity contribution < 1.29 is 0 Å². The zero-order chi connectivity index (χ0) is 9.10. The van der Waals surface area contributed by atoms with Crippen LogP contribution in [0, 0.1) is 0 Å². The molecule has 0 unspecified atom stereocenters. The van der Waals surface area contributed by atoms with Crippen molar-refractivity contribution in [1.82, 2.24) is 9.97 Å². The maximum Gasteiger partial charge on any atom is 0.0896 e. The van der Waals surface area contributed by atoms with Gasteiger partial charge >= 0.3 is 0 Å². The molecule has 2 aromatic rings. The van der Waals surface area contributed by atoms with Gasteiger partial charge in [-0.25, -0.2) is 0 Å². The van der Waals surface area contributed by atoms with Crippen LogP contribution in [0.25, 0.3) is 11.3 Å². The van der Waals surface area contributed by atoms with Crippen LogP contribution in [-0.4, -0.2) is 9.97 Å². The number of hydrogen-bond donors (Lipinski definition) is 1. The second-order valence-corrected chi connectivity index (χ2v) is 3.55. The highest BCUT2D eigenvalue weighted by Gasteiger charge is 2.05. The van der Waals surface area contributed by atoms with E-state index in [9.17, 15) is 0 Å². The third-order valence-corrected chi connectivity index (χ3v) is 2.71. The van der Waals surface area contributed by atoms with Crippen LogP contribution in [-0.2, 0) is 6.54 Å². The number of rotatable bonds is 2. The first kappa shape index (κ1) is 8.34. The summed E-state index contributed by atoms with van der Waals surface area (Å²) < 4.78 is 0. The summed E-state index contributed by atoms with van der Waals surface area (Å²) in [5.74, 6) is 0. The zero-order valence-corrected chi connectivity index (χ0v) is 7.79. The lowest BCUT2D eigenvalue weighted by Crippen LogP contribution is -1.95. The highest BCUT2D eigenvalue weighted by molar-refractivity contribution is 7.10. The van der Waals surface area contributed by atoms with E-state index in [0.717, 1.165) is 16.1 Å². The Morgan fingerprint density at radius 1 is 1.38 bits per heavy atom. The van der Waals surface area contributed by atoms with Gasteiger partial charge in [-0.05, 0) is 11.4 Å². The fourth-order valence-corrected chi connectivity index (χ4v) is 1.93. The molecular weight excluding hydrogens is 182 g/mol. The molecule has 0 aliphatic carbocycles. The highest BCUT2D eigenvalue weighted by Crippen LogP contribution is 2.25. The quantitative estimate of drug-likeness (QED) is 0.785. The minimum Gasteiger partial charge on any atom is -0.326 e. The van der Waals surface area contributed by atoms with Gasteiger partial charge in [0, 0.05) is 29.4 Å². The SMILES string of the molecule is NCc1sccc1-c1cnccn1. The van der Waals surface area contributed by atoms with Crippen molar-refractivity contribution in [2.45, 2.75) is 6.54 Å². The summed E-state index contributed by atoms with van der Waals surface area (Å²) in [6, 6.07) is 2.02. The first-order chi connectivity index (χ1) is 6.42. The van der Waals surface area contributed by atoms with Gasteiger partial charge in [-0.3, -0.25) is 9.97 Å². The fraction of sp³-hybridized carbons (Fsp3) is 0.111. The largest absolute Gasteiger partial charge is 0.326 e. The molecule has 2 aromatic heterocycles. The average Bonchev–Trinajstić information content (AvgIpc) is 2.67. The second kappa shape index (κ2) is 3.64. The molecule has 2 heterocycles. The molecule has 0 aliphatic rings. The lowest BCUT2D eigenvalue weighted by Gasteiger charge is -1.98. The minimum atomic E-state index is 0.559. The molecule has 0 spiro atoms. The molecule has 0 fully saturated rings. The summed E-state index contributed by atoms with van der Waals surface area (Å²) in [5.41, 5.74) is 7.59. The Morgan fingerprint density at radius 2 is 2.31 bits per heavy atom. The van der Waals surface area contributed by atoms with Crippen molar-refractivity contribution in [3.05, 3.63) is 34.9 Å². The lowest BCUT2D eigenvalue weighted by molar-refractivity contribution is 1.10. The van der Waals surface area contributed by atoms with E-state index in [0.29, 0.717) is 6.54 Å². The summed E-state index contributed by atoms with van der Waals surface area (Å²) in [7, 11) is 0. The maximum absolute atomic E-state index is 5.59. The van der Waals surface area contributed by atoms with E-state index in [4.69, 9.17) is 5.73 Å².